The van der Waals surface area contributed by atoms with Crippen molar-refractivity contribution in [3.05, 3.63) is 35.4 Å². The molecule has 2 aromatic rings. The lowest BCUT2D eigenvalue weighted by Crippen LogP contribution is -2.23. The van der Waals surface area contributed by atoms with E-state index >= 15 is 0 Å². The van der Waals surface area contributed by atoms with Crippen molar-refractivity contribution in [3.8, 4) is 0 Å². The summed E-state index contributed by atoms with van der Waals surface area (Å²) in [5, 5.41) is 9.81. The number of aryl methyl sites for hydroxylation is 1. The Kier molecular flexibility index (Phi) is 6.51. The molecule has 1 aliphatic carbocycles. The summed E-state index contributed by atoms with van der Waals surface area (Å²) in [6.07, 6.45) is -1.60. The largest absolute Gasteiger partial charge is 0.490 e. The van der Waals surface area contributed by atoms with Crippen LogP contribution in [0.1, 0.15) is 50.2 Å². The SMILES string of the molecule is CCC(F)(F)c1nc(C)cc(N2CC3(CC3)c3cnc(NC(C)=O)cc32)n1.O=C(O)C(F)(F)F. The third-order valence-electron chi connectivity index (χ3n) is 5.49. The molecule has 4 rings (SSSR count). The summed E-state index contributed by atoms with van der Waals surface area (Å²) in [7, 11) is 0. The number of rotatable bonds is 4. The number of hydrogen-bond donors (Lipinski definition) is 2. The lowest BCUT2D eigenvalue weighted by atomic mass is 10.0. The summed E-state index contributed by atoms with van der Waals surface area (Å²) in [4.78, 5) is 34.7. The molecule has 1 aliphatic heterocycles. The number of carbonyl (C=O) groups is 2. The van der Waals surface area contributed by atoms with E-state index in [-0.39, 0.29) is 17.7 Å². The number of hydrogen-bond acceptors (Lipinski definition) is 6. The van der Waals surface area contributed by atoms with E-state index in [4.69, 9.17) is 9.90 Å². The first-order chi connectivity index (χ1) is 15.7. The molecular weight excluding hydrogens is 465 g/mol. The number of fused-ring (bicyclic) bond motifs is 2. The van der Waals surface area contributed by atoms with Crippen LogP contribution in [0.2, 0.25) is 0 Å². The molecule has 184 valence electrons. The Morgan fingerprint density at radius 1 is 1.18 bits per heavy atom. The lowest BCUT2D eigenvalue weighted by molar-refractivity contribution is -0.192. The van der Waals surface area contributed by atoms with Crippen molar-refractivity contribution in [2.75, 3.05) is 16.8 Å². The zero-order valence-electron chi connectivity index (χ0n) is 18.5. The average molecular weight is 487 g/mol. The normalized spacial score (nSPS) is 15.9. The minimum absolute atomic E-state index is 0.00335. The van der Waals surface area contributed by atoms with E-state index in [2.05, 4.69) is 20.3 Å². The zero-order valence-corrected chi connectivity index (χ0v) is 18.5. The van der Waals surface area contributed by atoms with E-state index in [0.717, 1.165) is 24.1 Å². The Balaban J connectivity index is 0.000000406. The molecule has 0 radical (unpaired) electrons. The Hall–Kier alpha value is -3.38. The summed E-state index contributed by atoms with van der Waals surface area (Å²) in [5.41, 5.74) is 2.44. The molecular formula is C21H22F5N5O3. The van der Waals surface area contributed by atoms with E-state index in [0.29, 0.717) is 23.9 Å². The van der Waals surface area contributed by atoms with Crippen LogP contribution in [0.3, 0.4) is 0 Å². The van der Waals surface area contributed by atoms with Crippen molar-refractivity contribution in [1.82, 2.24) is 15.0 Å². The maximum absolute atomic E-state index is 14.2. The number of alkyl halides is 5. The number of amides is 1. The first-order valence-corrected chi connectivity index (χ1v) is 10.3. The van der Waals surface area contributed by atoms with E-state index in [1.54, 1.807) is 25.3 Å². The molecule has 1 fully saturated rings. The fourth-order valence-corrected chi connectivity index (χ4v) is 3.59. The van der Waals surface area contributed by atoms with Crippen LogP contribution in [0.4, 0.5) is 39.3 Å². The fourth-order valence-electron chi connectivity index (χ4n) is 3.59. The van der Waals surface area contributed by atoms with Gasteiger partial charge in [0.1, 0.15) is 11.6 Å². The highest BCUT2D eigenvalue weighted by Gasteiger charge is 2.53. The molecule has 2 aromatic heterocycles. The summed E-state index contributed by atoms with van der Waals surface area (Å²) >= 11 is 0. The number of carboxylic acids is 1. The average Bonchev–Trinajstić information content (AvgIpc) is 3.44. The maximum Gasteiger partial charge on any atom is 0.490 e. The molecule has 0 aromatic carbocycles. The zero-order chi connectivity index (χ0) is 25.5. The molecule has 34 heavy (non-hydrogen) atoms. The molecule has 0 unspecified atom stereocenters. The second kappa shape index (κ2) is 8.76. The van der Waals surface area contributed by atoms with Gasteiger partial charge in [-0.3, -0.25) is 4.79 Å². The first-order valence-electron chi connectivity index (χ1n) is 10.3. The second-order valence-electron chi connectivity index (χ2n) is 8.19. The van der Waals surface area contributed by atoms with Gasteiger partial charge in [-0.05, 0) is 19.8 Å². The number of aliphatic carboxylic acids is 1. The summed E-state index contributed by atoms with van der Waals surface area (Å²) in [6.45, 7) is 5.20. The monoisotopic (exact) mass is 487 g/mol. The molecule has 13 heteroatoms. The molecule has 0 saturated heterocycles. The van der Waals surface area contributed by atoms with Crippen LogP contribution in [-0.2, 0) is 20.9 Å². The fraction of sp³-hybridized carbons (Fsp3) is 0.476. The van der Waals surface area contributed by atoms with E-state index in [1.165, 1.54) is 13.8 Å². The standard InChI is InChI=1S/C19H21F2N5O.C2HF3O2/c1-4-19(20,21)17-23-11(2)7-16(25-17)26-10-18(5-6-18)13-9-22-15(8-14(13)26)24-12(3)27;3-2(4,5)1(6)7/h7-9H,4-6,10H2,1-3H3,(H,22,24,27);(H,6,7). The number of pyridine rings is 1. The van der Waals surface area contributed by atoms with Crippen molar-refractivity contribution in [3.63, 3.8) is 0 Å². The Bertz CT molecular complexity index is 1120. The molecule has 3 heterocycles. The highest BCUT2D eigenvalue weighted by atomic mass is 19.4. The lowest BCUT2D eigenvalue weighted by Gasteiger charge is -2.22. The van der Waals surface area contributed by atoms with Gasteiger partial charge in [0.15, 0.2) is 0 Å². The topological polar surface area (TPSA) is 108 Å². The van der Waals surface area contributed by atoms with Crippen molar-refractivity contribution < 1.29 is 36.6 Å². The van der Waals surface area contributed by atoms with Gasteiger partial charge in [-0.25, -0.2) is 19.7 Å². The Morgan fingerprint density at radius 3 is 2.29 bits per heavy atom. The molecule has 2 aliphatic rings. The maximum atomic E-state index is 14.2. The van der Waals surface area contributed by atoms with Crippen molar-refractivity contribution >= 4 is 29.2 Å². The van der Waals surface area contributed by atoms with Gasteiger partial charge in [0.05, 0.1) is 5.69 Å². The first kappa shape index (κ1) is 25.2. The van der Waals surface area contributed by atoms with Crippen molar-refractivity contribution in [2.24, 2.45) is 0 Å². The van der Waals surface area contributed by atoms with Crippen LogP contribution < -0.4 is 10.2 Å². The van der Waals surface area contributed by atoms with Crippen LogP contribution in [0.15, 0.2) is 18.3 Å². The number of aromatic nitrogens is 3. The van der Waals surface area contributed by atoms with Gasteiger partial charge in [-0.1, -0.05) is 6.92 Å². The summed E-state index contributed by atoms with van der Waals surface area (Å²) in [6, 6.07) is 3.51. The minimum atomic E-state index is -5.08. The van der Waals surface area contributed by atoms with Gasteiger partial charge in [0.25, 0.3) is 0 Å². The molecule has 8 nitrogen and oxygen atoms in total. The van der Waals surface area contributed by atoms with Gasteiger partial charge in [0, 0.05) is 54.9 Å². The van der Waals surface area contributed by atoms with Gasteiger partial charge >= 0.3 is 18.1 Å². The highest BCUT2D eigenvalue weighted by molar-refractivity contribution is 5.89. The molecule has 1 amide bonds. The van der Waals surface area contributed by atoms with Crippen molar-refractivity contribution in [2.45, 2.75) is 57.5 Å². The third-order valence-corrected chi connectivity index (χ3v) is 5.49. The van der Waals surface area contributed by atoms with Crippen LogP contribution >= 0.6 is 0 Å². The molecule has 2 N–H and O–H groups in total. The smallest absolute Gasteiger partial charge is 0.475 e. The predicted molar refractivity (Wildman–Crippen MR) is 111 cm³/mol. The molecule has 0 atom stereocenters. The number of nitrogens with one attached hydrogen (secondary N) is 1. The number of carboxylic acid groups (broad SMARTS) is 1. The highest BCUT2D eigenvalue weighted by Crippen LogP contribution is 2.58. The number of anilines is 3. The summed E-state index contributed by atoms with van der Waals surface area (Å²) in [5.74, 6) is -5.59. The summed E-state index contributed by atoms with van der Waals surface area (Å²) < 4.78 is 60.1. The van der Waals surface area contributed by atoms with Gasteiger partial charge in [-0.15, -0.1) is 0 Å². The van der Waals surface area contributed by atoms with E-state index in [1.807, 2.05) is 4.90 Å². The van der Waals surface area contributed by atoms with Crippen molar-refractivity contribution in [1.29, 1.82) is 0 Å². The van der Waals surface area contributed by atoms with Gasteiger partial charge in [-0.2, -0.15) is 22.0 Å². The van der Waals surface area contributed by atoms with Crippen LogP contribution in [0.25, 0.3) is 0 Å². The van der Waals surface area contributed by atoms with E-state index < -0.39 is 23.9 Å². The van der Waals surface area contributed by atoms with Gasteiger partial charge in [0.2, 0.25) is 11.7 Å². The molecule has 1 saturated carbocycles. The van der Waals surface area contributed by atoms with Crippen LogP contribution in [0.5, 0.6) is 0 Å². The third kappa shape index (κ3) is 5.23. The minimum Gasteiger partial charge on any atom is -0.475 e. The number of halogens is 5. The second-order valence-corrected chi connectivity index (χ2v) is 8.19. The Labute approximate surface area is 191 Å². The van der Waals surface area contributed by atoms with Gasteiger partial charge < -0.3 is 15.3 Å². The molecule has 0 bridgehead atoms. The van der Waals surface area contributed by atoms with Crippen LogP contribution in [-0.4, -0.2) is 44.7 Å². The number of carbonyl (C=O) groups excluding carboxylic acids is 1. The predicted octanol–water partition coefficient (Wildman–Crippen LogP) is 4.46. The number of nitrogens with zero attached hydrogens (tertiary/aromatic N) is 4. The van der Waals surface area contributed by atoms with Crippen LogP contribution in [0, 0.1) is 6.92 Å². The quantitative estimate of drug-likeness (QED) is 0.613. The Morgan fingerprint density at radius 2 is 1.79 bits per heavy atom. The van der Waals surface area contributed by atoms with E-state index in [9.17, 15) is 26.7 Å². The molecule has 1 spiro atoms.